The van der Waals surface area contributed by atoms with Crippen LogP contribution in [0.5, 0.6) is 5.75 Å². The molecule has 0 fully saturated rings. The number of rotatable bonds is 7. The van der Waals surface area contributed by atoms with Gasteiger partial charge in [0.1, 0.15) is 16.4 Å². The summed E-state index contributed by atoms with van der Waals surface area (Å²) >= 11 is 1.27. The van der Waals surface area contributed by atoms with E-state index in [4.69, 9.17) is 4.42 Å². The van der Waals surface area contributed by atoms with Crippen LogP contribution in [0.3, 0.4) is 0 Å². The minimum absolute atomic E-state index is 0.0127. The van der Waals surface area contributed by atoms with Gasteiger partial charge in [-0.05, 0) is 36.0 Å². The first kappa shape index (κ1) is 20.3. The minimum atomic E-state index is -0.481. The molecule has 0 aliphatic rings. The summed E-state index contributed by atoms with van der Waals surface area (Å²) in [7, 11) is 0. The summed E-state index contributed by atoms with van der Waals surface area (Å²) in [5.74, 6) is 0.896. The zero-order valence-electron chi connectivity index (χ0n) is 16.5. The number of aromatic hydroxyl groups is 1. The van der Waals surface area contributed by atoms with E-state index in [2.05, 4.69) is 32.9 Å². The van der Waals surface area contributed by atoms with Crippen molar-refractivity contribution < 1.29 is 9.52 Å². The highest BCUT2D eigenvalue weighted by Gasteiger charge is 2.20. The summed E-state index contributed by atoms with van der Waals surface area (Å²) in [5.41, 5.74) is 1.84. The van der Waals surface area contributed by atoms with Gasteiger partial charge in [0, 0.05) is 16.9 Å². The van der Waals surface area contributed by atoms with E-state index in [0.29, 0.717) is 11.7 Å². The first-order valence-corrected chi connectivity index (χ1v) is 10.5. The lowest BCUT2D eigenvalue weighted by Crippen LogP contribution is -2.09. The van der Waals surface area contributed by atoms with E-state index in [1.54, 1.807) is 6.07 Å². The lowest BCUT2D eigenvalue weighted by Gasteiger charge is -2.16. The third-order valence-corrected chi connectivity index (χ3v) is 6.05. The van der Waals surface area contributed by atoms with E-state index in [0.717, 1.165) is 23.3 Å². The molecule has 0 bridgehead atoms. The van der Waals surface area contributed by atoms with E-state index in [1.807, 2.05) is 42.5 Å². The molecule has 3 aromatic rings. The smallest absolute Gasteiger partial charge is 0.353 e. The average Bonchev–Trinajstić information content (AvgIpc) is 2.69. The molecule has 0 amide bonds. The van der Waals surface area contributed by atoms with Gasteiger partial charge in [0.05, 0.1) is 0 Å². The van der Waals surface area contributed by atoms with Gasteiger partial charge in [0.15, 0.2) is 0 Å². The van der Waals surface area contributed by atoms with Crippen molar-refractivity contribution in [2.45, 2.75) is 55.2 Å². The molecule has 0 saturated heterocycles. The predicted molar refractivity (Wildman–Crippen MR) is 114 cm³/mol. The Kier molecular flexibility index (Phi) is 6.63. The maximum atomic E-state index is 12.7. The van der Waals surface area contributed by atoms with Gasteiger partial charge < -0.3 is 9.52 Å². The second-order valence-corrected chi connectivity index (χ2v) is 8.29. The van der Waals surface area contributed by atoms with Crippen molar-refractivity contribution >= 4 is 11.8 Å². The second-order valence-electron chi connectivity index (χ2n) is 7.24. The van der Waals surface area contributed by atoms with Gasteiger partial charge in [-0.3, -0.25) is 0 Å². The molecule has 3 rings (SSSR count). The first-order chi connectivity index (χ1) is 13.5. The molecule has 4 heteroatoms. The Balaban J connectivity index is 1.90. The number of benzene rings is 2. The van der Waals surface area contributed by atoms with E-state index in [-0.39, 0.29) is 16.6 Å². The molecule has 0 spiro atoms. The van der Waals surface area contributed by atoms with Crippen LogP contribution in [0.1, 0.15) is 55.9 Å². The summed E-state index contributed by atoms with van der Waals surface area (Å²) in [6.07, 6.45) is 1.59. The van der Waals surface area contributed by atoms with Crippen molar-refractivity contribution in [3.05, 3.63) is 88.0 Å². The number of hydrogen-bond donors (Lipinski definition) is 1. The fourth-order valence-corrected chi connectivity index (χ4v) is 4.36. The lowest BCUT2D eigenvalue weighted by atomic mass is 9.94. The maximum absolute atomic E-state index is 12.7. The van der Waals surface area contributed by atoms with Crippen LogP contribution in [0.15, 0.2) is 79.7 Å². The SMILES string of the molecule is CCC(Cc1ccccc1)c1cc(O)c(Sc2ccccc2C(C)C)c(=O)o1. The average molecular weight is 395 g/mol. The molecule has 1 atom stereocenters. The van der Waals surface area contributed by atoms with Crippen molar-refractivity contribution in [3.8, 4) is 5.75 Å². The van der Waals surface area contributed by atoms with Crippen LogP contribution in [-0.2, 0) is 6.42 Å². The predicted octanol–water partition coefficient (Wildman–Crippen LogP) is 6.36. The fraction of sp³-hybridized carbons (Fsp3) is 0.292. The number of hydrogen-bond acceptors (Lipinski definition) is 4. The highest BCUT2D eigenvalue weighted by molar-refractivity contribution is 7.99. The monoisotopic (exact) mass is 394 g/mol. The Morgan fingerprint density at radius 3 is 2.36 bits per heavy atom. The molecule has 1 N–H and O–H groups in total. The van der Waals surface area contributed by atoms with Gasteiger partial charge in [-0.15, -0.1) is 0 Å². The van der Waals surface area contributed by atoms with Crippen LogP contribution in [0.4, 0.5) is 0 Å². The highest BCUT2D eigenvalue weighted by Crippen LogP contribution is 2.37. The summed E-state index contributed by atoms with van der Waals surface area (Å²) in [4.78, 5) is 13.9. The molecule has 2 aromatic carbocycles. The van der Waals surface area contributed by atoms with Gasteiger partial charge in [-0.2, -0.15) is 0 Å². The quantitative estimate of drug-likeness (QED) is 0.507. The van der Waals surface area contributed by atoms with Crippen molar-refractivity contribution in [1.82, 2.24) is 0 Å². The molecule has 28 heavy (non-hydrogen) atoms. The molecule has 0 saturated carbocycles. The van der Waals surface area contributed by atoms with Gasteiger partial charge in [-0.25, -0.2) is 4.79 Å². The lowest BCUT2D eigenvalue weighted by molar-refractivity contribution is 0.377. The van der Waals surface area contributed by atoms with E-state index in [1.165, 1.54) is 17.3 Å². The van der Waals surface area contributed by atoms with E-state index >= 15 is 0 Å². The summed E-state index contributed by atoms with van der Waals surface area (Å²) < 4.78 is 5.65. The van der Waals surface area contributed by atoms with Crippen LogP contribution in [0.2, 0.25) is 0 Å². The summed E-state index contributed by atoms with van der Waals surface area (Å²) in [5, 5.41) is 10.6. The maximum Gasteiger partial charge on any atom is 0.353 e. The second kappa shape index (κ2) is 9.16. The largest absolute Gasteiger partial charge is 0.506 e. The van der Waals surface area contributed by atoms with Gasteiger partial charge in [0.25, 0.3) is 0 Å². The molecule has 1 aromatic heterocycles. The molecule has 0 radical (unpaired) electrons. The van der Waals surface area contributed by atoms with Gasteiger partial charge in [-0.1, -0.05) is 81.1 Å². The summed E-state index contributed by atoms with van der Waals surface area (Å²) in [6, 6.07) is 19.7. The van der Waals surface area contributed by atoms with Gasteiger partial charge in [0.2, 0.25) is 0 Å². The third-order valence-electron chi connectivity index (χ3n) is 4.88. The zero-order chi connectivity index (χ0) is 20.1. The van der Waals surface area contributed by atoms with Crippen LogP contribution < -0.4 is 5.63 Å². The normalized spacial score (nSPS) is 12.3. The third kappa shape index (κ3) is 4.68. The van der Waals surface area contributed by atoms with Crippen LogP contribution >= 0.6 is 11.8 Å². The topological polar surface area (TPSA) is 50.4 Å². The van der Waals surface area contributed by atoms with Crippen LogP contribution in [0, 0.1) is 0 Å². The van der Waals surface area contributed by atoms with Crippen molar-refractivity contribution in [2.75, 3.05) is 0 Å². The standard InChI is InChI=1S/C24H26O3S/c1-4-18(14-17-10-6-5-7-11-17)21-15-20(25)23(24(26)27-21)28-22-13-9-8-12-19(22)16(2)3/h5-13,15-16,18,25H,4,14H2,1-3H3. The van der Waals surface area contributed by atoms with E-state index in [9.17, 15) is 9.90 Å². The molecule has 0 aliphatic carbocycles. The van der Waals surface area contributed by atoms with Gasteiger partial charge >= 0.3 is 5.63 Å². The molecular weight excluding hydrogens is 368 g/mol. The molecule has 1 unspecified atom stereocenters. The molecule has 0 aliphatic heterocycles. The van der Waals surface area contributed by atoms with E-state index < -0.39 is 5.63 Å². The Bertz CT molecular complexity index is 977. The Hall–Kier alpha value is -2.46. The van der Waals surface area contributed by atoms with Crippen LogP contribution in [0.25, 0.3) is 0 Å². The highest BCUT2D eigenvalue weighted by atomic mass is 32.2. The molecular formula is C24H26O3S. The first-order valence-electron chi connectivity index (χ1n) is 9.67. The van der Waals surface area contributed by atoms with Crippen molar-refractivity contribution in [2.24, 2.45) is 0 Å². The fourth-order valence-electron chi connectivity index (χ4n) is 3.29. The Morgan fingerprint density at radius 1 is 1.04 bits per heavy atom. The summed E-state index contributed by atoms with van der Waals surface area (Å²) in [6.45, 7) is 6.28. The Labute approximate surface area is 170 Å². The molecule has 146 valence electrons. The van der Waals surface area contributed by atoms with Crippen LogP contribution in [-0.4, -0.2) is 5.11 Å². The molecule has 1 heterocycles. The zero-order valence-corrected chi connectivity index (χ0v) is 17.3. The molecule has 3 nitrogen and oxygen atoms in total. The van der Waals surface area contributed by atoms with Crippen molar-refractivity contribution in [3.63, 3.8) is 0 Å². The minimum Gasteiger partial charge on any atom is -0.506 e. The Morgan fingerprint density at radius 2 is 1.71 bits per heavy atom. The van der Waals surface area contributed by atoms with Crippen molar-refractivity contribution in [1.29, 1.82) is 0 Å².